The van der Waals surface area contributed by atoms with Crippen molar-refractivity contribution in [3.63, 3.8) is 0 Å². The van der Waals surface area contributed by atoms with Crippen molar-refractivity contribution in [3.8, 4) is 0 Å². The summed E-state index contributed by atoms with van der Waals surface area (Å²) in [6, 6.07) is 10.5. The van der Waals surface area contributed by atoms with Crippen LogP contribution >= 0.6 is 0 Å². The Labute approximate surface area is 131 Å². The molecule has 0 saturated carbocycles. The fourth-order valence-electron chi connectivity index (χ4n) is 4.89. The standard InChI is InChI=1S/C18H24N2O2/c21-18(22)16-10-15-14-6-8-19(9-7-14)17(15)12-20(16)11-13-4-2-1-3-5-13/h1-5,14-17H,6-12H2,(H,21,22). The van der Waals surface area contributed by atoms with Crippen molar-refractivity contribution in [1.82, 2.24) is 9.80 Å². The zero-order chi connectivity index (χ0) is 15.1. The van der Waals surface area contributed by atoms with E-state index in [0.29, 0.717) is 12.0 Å². The largest absolute Gasteiger partial charge is 0.480 e. The summed E-state index contributed by atoms with van der Waals surface area (Å²) in [5.41, 5.74) is 1.21. The van der Waals surface area contributed by atoms with Gasteiger partial charge >= 0.3 is 5.97 Å². The minimum atomic E-state index is -0.647. The van der Waals surface area contributed by atoms with E-state index < -0.39 is 5.97 Å². The lowest BCUT2D eigenvalue weighted by Gasteiger charge is -2.56. The highest BCUT2D eigenvalue weighted by Crippen LogP contribution is 2.43. The first kappa shape index (κ1) is 14.2. The number of carbonyl (C=O) groups is 1. The molecule has 1 N–H and O–H groups in total. The number of hydrogen-bond acceptors (Lipinski definition) is 3. The van der Waals surface area contributed by atoms with Gasteiger partial charge in [0.15, 0.2) is 0 Å². The molecule has 1 aromatic rings. The van der Waals surface area contributed by atoms with Gasteiger partial charge < -0.3 is 5.11 Å². The summed E-state index contributed by atoms with van der Waals surface area (Å²) in [7, 11) is 0. The van der Waals surface area contributed by atoms with Gasteiger partial charge in [-0.25, -0.2) is 0 Å². The molecule has 0 spiro atoms. The van der Waals surface area contributed by atoms with Crippen LogP contribution in [-0.4, -0.2) is 52.6 Å². The average Bonchev–Trinajstić information content (AvgIpc) is 2.56. The Hall–Kier alpha value is -1.39. The van der Waals surface area contributed by atoms with E-state index in [9.17, 15) is 9.90 Å². The van der Waals surface area contributed by atoms with Crippen LogP contribution in [0.5, 0.6) is 0 Å². The minimum Gasteiger partial charge on any atom is -0.480 e. The van der Waals surface area contributed by atoms with E-state index in [-0.39, 0.29) is 6.04 Å². The predicted octanol–water partition coefficient (Wildman–Crippen LogP) is 2.06. The Morgan fingerprint density at radius 1 is 1.18 bits per heavy atom. The Balaban J connectivity index is 1.56. The third-order valence-electron chi connectivity index (χ3n) is 6.01. The maximum absolute atomic E-state index is 11.8. The van der Waals surface area contributed by atoms with E-state index in [2.05, 4.69) is 21.9 Å². The number of piperidine rings is 4. The van der Waals surface area contributed by atoms with Crippen molar-refractivity contribution in [2.24, 2.45) is 11.8 Å². The van der Waals surface area contributed by atoms with Gasteiger partial charge in [0.1, 0.15) is 6.04 Å². The smallest absolute Gasteiger partial charge is 0.320 e. The van der Waals surface area contributed by atoms with Crippen LogP contribution in [-0.2, 0) is 11.3 Å². The lowest BCUT2D eigenvalue weighted by molar-refractivity contribution is -0.151. The molecular formula is C18H24N2O2. The molecule has 5 rings (SSSR count). The van der Waals surface area contributed by atoms with Gasteiger partial charge in [-0.3, -0.25) is 14.6 Å². The van der Waals surface area contributed by atoms with E-state index in [4.69, 9.17) is 0 Å². The second-order valence-corrected chi connectivity index (χ2v) is 7.11. The summed E-state index contributed by atoms with van der Waals surface area (Å²) in [5, 5.41) is 9.69. The fraction of sp³-hybridized carbons (Fsp3) is 0.611. The predicted molar refractivity (Wildman–Crippen MR) is 84.5 cm³/mol. The summed E-state index contributed by atoms with van der Waals surface area (Å²) in [6.45, 7) is 4.08. The monoisotopic (exact) mass is 300 g/mol. The number of aliphatic carboxylic acids is 1. The van der Waals surface area contributed by atoms with E-state index in [1.165, 1.54) is 31.5 Å². The Morgan fingerprint density at radius 2 is 1.91 bits per heavy atom. The minimum absolute atomic E-state index is 0.318. The van der Waals surface area contributed by atoms with Crippen LogP contribution < -0.4 is 0 Å². The van der Waals surface area contributed by atoms with E-state index in [1.807, 2.05) is 18.2 Å². The average molecular weight is 300 g/mol. The molecule has 4 aliphatic rings. The molecule has 2 bridgehead atoms. The molecule has 4 fully saturated rings. The number of rotatable bonds is 3. The number of carboxylic acids is 1. The summed E-state index contributed by atoms with van der Waals surface area (Å²) < 4.78 is 0. The third-order valence-corrected chi connectivity index (χ3v) is 6.01. The molecule has 0 amide bonds. The summed E-state index contributed by atoms with van der Waals surface area (Å²) in [5.74, 6) is 0.706. The quantitative estimate of drug-likeness (QED) is 0.928. The van der Waals surface area contributed by atoms with Gasteiger partial charge in [-0.2, -0.15) is 0 Å². The Bertz CT molecular complexity index is 539. The van der Waals surface area contributed by atoms with Crippen molar-refractivity contribution in [3.05, 3.63) is 35.9 Å². The van der Waals surface area contributed by atoms with Gasteiger partial charge in [0.25, 0.3) is 0 Å². The fourth-order valence-corrected chi connectivity index (χ4v) is 4.89. The van der Waals surface area contributed by atoms with Gasteiger partial charge in [-0.05, 0) is 49.8 Å². The van der Waals surface area contributed by atoms with Gasteiger partial charge in [0, 0.05) is 19.1 Å². The number of nitrogens with zero attached hydrogens (tertiary/aromatic N) is 2. The molecule has 118 valence electrons. The van der Waals surface area contributed by atoms with Crippen LogP contribution in [0.3, 0.4) is 0 Å². The summed E-state index contributed by atoms with van der Waals surface area (Å²) >= 11 is 0. The van der Waals surface area contributed by atoms with Gasteiger partial charge in [-0.15, -0.1) is 0 Å². The normalized spacial score (nSPS) is 37.7. The van der Waals surface area contributed by atoms with E-state index in [0.717, 1.165) is 25.4 Å². The molecule has 1 aromatic carbocycles. The molecule has 4 nitrogen and oxygen atoms in total. The van der Waals surface area contributed by atoms with E-state index in [1.54, 1.807) is 0 Å². The topological polar surface area (TPSA) is 43.8 Å². The van der Waals surface area contributed by atoms with Gasteiger partial charge in [0.2, 0.25) is 0 Å². The molecule has 0 aliphatic carbocycles. The number of benzene rings is 1. The summed E-state index contributed by atoms with van der Waals surface area (Å²) in [4.78, 5) is 16.6. The molecule has 4 aliphatic heterocycles. The number of likely N-dealkylation sites (tertiary alicyclic amines) is 1. The third kappa shape index (κ3) is 2.44. The van der Waals surface area contributed by atoms with Crippen LogP contribution in [0.4, 0.5) is 0 Å². The van der Waals surface area contributed by atoms with Gasteiger partial charge in [-0.1, -0.05) is 30.3 Å². The molecule has 3 unspecified atom stereocenters. The van der Waals surface area contributed by atoms with Crippen LogP contribution in [0.2, 0.25) is 0 Å². The first-order valence-corrected chi connectivity index (χ1v) is 8.47. The first-order chi connectivity index (χ1) is 10.7. The second kappa shape index (κ2) is 5.67. The van der Waals surface area contributed by atoms with Crippen LogP contribution in [0.15, 0.2) is 30.3 Å². The number of hydrogen-bond donors (Lipinski definition) is 1. The van der Waals surface area contributed by atoms with Crippen molar-refractivity contribution in [1.29, 1.82) is 0 Å². The maximum Gasteiger partial charge on any atom is 0.320 e. The van der Waals surface area contributed by atoms with Crippen LogP contribution in [0.25, 0.3) is 0 Å². The molecule has 4 saturated heterocycles. The Kier molecular flexibility index (Phi) is 3.66. The highest BCUT2D eigenvalue weighted by molar-refractivity contribution is 5.73. The lowest BCUT2D eigenvalue weighted by Crippen LogP contribution is -2.64. The molecule has 0 radical (unpaired) electrons. The maximum atomic E-state index is 11.8. The Morgan fingerprint density at radius 3 is 2.59 bits per heavy atom. The van der Waals surface area contributed by atoms with E-state index >= 15 is 0 Å². The first-order valence-electron chi connectivity index (χ1n) is 8.47. The summed E-state index contributed by atoms with van der Waals surface area (Å²) in [6.07, 6.45) is 3.37. The lowest BCUT2D eigenvalue weighted by atomic mass is 9.69. The zero-order valence-electron chi connectivity index (χ0n) is 12.9. The SMILES string of the molecule is O=C(O)C1CC2C3CCN(CC3)C2CN1Cc1ccccc1. The molecule has 0 aromatic heterocycles. The number of fused-ring (bicyclic) bond motifs is 2. The molecule has 22 heavy (non-hydrogen) atoms. The molecule has 4 heteroatoms. The van der Waals surface area contributed by atoms with Gasteiger partial charge in [0.05, 0.1) is 0 Å². The highest BCUT2D eigenvalue weighted by Gasteiger charge is 2.48. The molecular weight excluding hydrogens is 276 g/mol. The van der Waals surface area contributed by atoms with Crippen molar-refractivity contribution in [2.45, 2.75) is 37.9 Å². The molecule has 3 atom stereocenters. The van der Waals surface area contributed by atoms with Crippen LogP contribution in [0.1, 0.15) is 24.8 Å². The zero-order valence-corrected chi connectivity index (χ0v) is 12.9. The van der Waals surface area contributed by atoms with Crippen LogP contribution in [0, 0.1) is 11.8 Å². The van der Waals surface area contributed by atoms with Crippen molar-refractivity contribution < 1.29 is 9.90 Å². The highest BCUT2D eigenvalue weighted by atomic mass is 16.4. The molecule has 4 heterocycles. The van der Waals surface area contributed by atoms with Crippen molar-refractivity contribution in [2.75, 3.05) is 19.6 Å². The number of carboxylic acid groups (broad SMARTS) is 1. The van der Waals surface area contributed by atoms with Crippen molar-refractivity contribution >= 4 is 5.97 Å². The second-order valence-electron chi connectivity index (χ2n) is 7.11.